The van der Waals surface area contributed by atoms with E-state index in [9.17, 15) is 4.79 Å². The number of carbonyl (C=O) groups is 1. The molecule has 158 valence electrons. The summed E-state index contributed by atoms with van der Waals surface area (Å²) in [5, 5.41) is 6.22. The van der Waals surface area contributed by atoms with Crippen molar-refractivity contribution in [1.82, 2.24) is 15.3 Å². The van der Waals surface area contributed by atoms with Crippen molar-refractivity contribution in [3.05, 3.63) is 46.3 Å². The van der Waals surface area contributed by atoms with E-state index in [2.05, 4.69) is 16.3 Å². The number of nitrogens with one attached hydrogen (secondary N) is 1. The second-order valence-electron chi connectivity index (χ2n) is 7.73. The SMILES string of the molecule is CCOc1ccc2nc(N3CCC(C(=O)N[C@H](C)c4cccs4)CC3)nc(C)c2c1. The lowest BCUT2D eigenvalue weighted by atomic mass is 9.95. The van der Waals surface area contributed by atoms with E-state index in [1.165, 1.54) is 4.88 Å². The number of amides is 1. The molecule has 1 amide bonds. The average Bonchev–Trinajstić information content (AvgIpc) is 3.29. The highest BCUT2D eigenvalue weighted by molar-refractivity contribution is 7.10. The number of hydrogen-bond donors (Lipinski definition) is 1. The topological polar surface area (TPSA) is 67.3 Å². The van der Waals surface area contributed by atoms with Crippen LogP contribution in [0.15, 0.2) is 35.7 Å². The number of aryl methyl sites for hydroxylation is 1. The van der Waals surface area contributed by atoms with E-state index in [1.807, 2.05) is 50.4 Å². The predicted octanol–water partition coefficient (Wildman–Crippen LogP) is 4.49. The minimum Gasteiger partial charge on any atom is -0.494 e. The predicted molar refractivity (Wildman–Crippen MR) is 121 cm³/mol. The second kappa shape index (κ2) is 9.00. The van der Waals surface area contributed by atoms with E-state index in [4.69, 9.17) is 14.7 Å². The average molecular weight is 425 g/mol. The van der Waals surface area contributed by atoms with Gasteiger partial charge in [0.2, 0.25) is 11.9 Å². The van der Waals surface area contributed by atoms with Gasteiger partial charge in [0.05, 0.1) is 23.9 Å². The Kier molecular flexibility index (Phi) is 6.18. The van der Waals surface area contributed by atoms with Crippen molar-refractivity contribution in [2.75, 3.05) is 24.6 Å². The largest absolute Gasteiger partial charge is 0.494 e. The van der Waals surface area contributed by atoms with Crippen LogP contribution in [-0.2, 0) is 4.79 Å². The summed E-state index contributed by atoms with van der Waals surface area (Å²) in [5.74, 6) is 1.77. The maximum absolute atomic E-state index is 12.7. The molecule has 1 N–H and O–H groups in total. The van der Waals surface area contributed by atoms with Gasteiger partial charge in [0.1, 0.15) is 5.75 Å². The van der Waals surface area contributed by atoms with E-state index in [1.54, 1.807) is 11.3 Å². The number of piperidine rings is 1. The molecule has 6 nitrogen and oxygen atoms in total. The quantitative estimate of drug-likeness (QED) is 0.631. The van der Waals surface area contributed by atoms with Crippen LogP contribution in [0.3, 0.4) is 0 Å². The molecule has 0 radical (unpaired) electrons. The van der Waals surface area contributed by atoms with Crippen LogP contribution in [0.2, 0.25) is 0 Å². The fraction of sp³-hybridized carbons (Fsp3) is 0.435. The normalized spacial score (nSPS) is 15.9. The fourth-order valence-electron chi connectivity index (χ4n) is 3.92. The number of anilines is 1. The Balaban J connectivity index is 1.40. The van der Waals surface area contributed by atoms with Crippen molar-refractivity contribution >= 4 is 34.1 Å². The third-order valence-electron chi connectivity index (χ3n) is 5.63. The van der Waals surface area contributed by atoms with Gasteiger partial charge in [-0.1, -0.05) is 6.07 Å². The number of ether oxygens (including phenoxy) is 1. The summed E-state index contributed by atoms with van der Waals surface area (Å²) in [6, 6.07) is 10.1. The van der Waals surface area contributed by atoms with Gasteiger partial charge in [-0.25, -0.2) is 9.97 Å². The third-order valence-corrected chi connectivity index (χ3v) is 6.69. The Morgan fingerprint density at radius 3 is 2.80 bits per heavy atom. The summed E-state index contributed by atoms with van der Waals surface area (Å²) < 4.78 is 5.60. The van der Waals surface area contributed by atoms with Crippen molar-refractivity contribution in [3.8, 4) is 5.75 Å². The first-order valence-corrected chi connectivity index (χ1v) is 11.4. The Morgan fingerprint density at radius 1 is 1.30 bits per heavy atom. The molecule has 1 aliphatic heterocycles. The fourth-order valence-corrected chi connectivity index (χ4v) is 4.66. The molecule has 3 aromatic rings. The summed E-state index contributed by atoms with van der Waals surface area (Å²) in [6.45, 7) is 8.24. The van der Waals surface area contributed by atoms with Crippen LogP contribution in [0, 0.1) is 12.8 Å². The first-order chi connectivity index (χ1) is 14.5. The summed E-state index contributed by atoms with van der Waals surface area (Å²) >= 11 is 1.68. The number of benzene rings is 1. The molecule has 7 heteroatoms. The second-order valence-corrected chi connectivity index (χ2v) is 8.71. The molecule has 1 fully saturated rings. The van der Waals surface area contributed by atoms with Crippen LogP contribution in [0.25, 0.3) is 10.9 Å². The van der Waals surface area contributed by atoms with Crippen molar-refractivity contribution in [2.45, 2.75) is 39.7 Å². The molecule has 1 atom stereocenters. The van der Waals surface area contributed by atoms with E-state index < -0.39 is 0 Å². The molecule has 3 heterocycles. The van der Waals surface area contributed by atoms with Crippen molar-refractivity contribution in [2.24, 2.45) is 5.92 Å². The number of rotatable bonds is 6. The zero-order valence-electron chi connectivity index (χ0n) is 17.7. The minimum atomic E-state index is 0.0407. The number of hydrogen-bond acceptors (Lipinski definition) is 6. The Labute approximate surface area is 181 Å². The number of carbonyl (C=O) groups excluding carboxylic acids is 1. The van der Waals surface area contributed by atoms with E-state index in [0.29, 0.717) is 6.61 Å². The molecule has 4 rings (SSSR count). The molecule has 2 aromatic heterocycles. The van der Waals surface area contributed by atoms with Gasteiger partial charge in [0.15, 0.2) is 0 Å². The lowest BCUT2D eigenvalue weighted by molar-refractivity contribution is -0.126. The van der Waals surface area contributed by atoms with Crippen molar-refractivity contribution in [1.29, 1.82) is 0 Å². The molecule has 1 aromatic carbocycles. The molecule has 0 aliphatic carbocycles. The van der Waals surface area contributed by atoms with Gasteiger partial charge in [0.25, 0.3) is 0 Å². The molecule has 0 saturated carbocycles. The van der Waals surface area contributed by atoms with Crippen LogP contribution < -0.4 is 15.0 Å². The highest BCUT2D eigenvalue weighted by Crippen LogP contribution is 2.27. The molecule has 1 saturated heterocycles. The van der Waals surface area contributed by atoms with Gasteiger partial charge in [-0.3, -0.25) is 4.79 Å². The smallest absolute Gasteiger partial charge is 0.226 e. The summed E-state index contributed by atoms with van der Waals surface area (Å²) in [6.07, 6.45) is 1.62. The first-order valence-electron chi connectivity index (χ1n) is 10.5. The van der Waals surface area contributed by atoms with Crippen LogP contribution in [0.5, 0.6) is 5.75 Å². The lowest BCUT2D eigenvalue weighted by Crippen LogP contribution is -2.41. The maximum atomic E-state index is 12.7. The summed E-state index contributed by atoms with van der Waals surface area (Å²) in [7, 11) is 0. The highest BCUT2D eigenvalue weighted by Gasteiger charge is 2.27. The monoisotopic (exact) mass is 424 g/mol. The Morgan fingerprint density at radius 2 is 2.10 bits per heavy atom. The van der Waals surface area contributed by atoms with Crippen LogP contribution in [0.4, 0.5) is 5.95 Å². The molecule has 0 spiro atoms. The van der Waals surface area contributed by atoms with E-state index >= 15 is 0 Å². The van der Waals surface area contributed by atoms with Gasteiger partial charge < -0.3 is 15.0 Å². The zero-order chi connectivity index (χ0) is 21.1. The number of aromatic nitrogens is 2. The van der Waals surface area contributed by atoms with Crippen LogP contribution >= 0.6 is 11.3 Å². The first kappa shape index (κ1) is 20.6. The van der Waals surface area contributed by atoms with Gasteiger partial charge in [-0.15, -0.1) is 11.3 Å². The summed E-state index contributed by atoms with van der Waals surface area (Å²) in [4.78, 5) is 25.6. The van der Waals surface area contributed by atoms with Gasteiger partial charge in [-0.05, 0) is 63.3 Å². The van der Waals surface area contributed by atoms with Crippen LogP contribution in [-0.4, -0.2) is 35.6 Å². The Bertz CT molecular complexity index is 1010. The van der Waals surface area contributed by atoms with Crippen LogP contribution in [0.1, 0.15) is 43.3 Å². The third kappa shape index (κ3) is 4.41. The molecular formula is C23H28N4O2S. The zero-order valence-corrected chi connectivity index (χ0v) is 18.5. The molecule has 1 aliphatic rings. The van der Waals surface area contributed by atoms with Gasteiger partial charge >= 0.3 is 0 Å². The van der Waals surface area contributed by atoms with Crippen molar-refractivity contribution in [3.63, 3.8) is 0 Å². The highest BCUT2D eigenvalue weighted by atomic mass is 32.1. The van der Waals surface area contributed by atoms with E-state index in [0.717, 1.165) is 54.2 Å². The number of fused-ring (bicyclic) bond motifs is 1. The maximum Gasteiger partial charge on any atom is 0.226 e. The van der Waals surface area contributed by atoms with Gasteiger partial charge in [0, 0.05) is 29.3 Å². The summed E-state index contributed by atoms with van der Waals surface area (Å²) in [5.41, 5.74) is 1.87. The van der Waals surface area contributed by atoms with Gasteiger partial charge in [-0.2, -0.15) is 0 Å². The standard InChI is InChI=1S/C23H28N4O2S/c1-4-29-18-7-8-20-19(14-18)15(2)25-23(26-20)27-11-9-17(10-12-27)22(28)24-16(3)21-6-5-13-30-21/h5-8,13-14,16-17H,4,9-12H2,1-3H3,(H,24,28)/t16-/m1/s1. The lowest BCUT2D eigenvalue weighted by Gasteiger charge is -2.32. The molecular weight excluding hydrogens is 396 g/mol. The molecule has 0 unspecified atom stereocenters. The minimum absolute atomic E-state index is 0.0407. The van der Waals surface area contributed by atoms with Crippen molar-refractivity contribution < 1.29 is 9.53 Å². The van der Waals surface area contributed by atoms with E-state index in [-0.39, 0.29) is 17.9 Å². The molecule has 30 heavy (non-hydrogen) atoms. The molecule has 0 bridgehead atoms. The number of nitrogens with zero attached hydrogens (tertiary/aromatic N) is 3. The Hall–Kier alpha value is -2.67. The number of thiophene rings is 1.